The summed E-state index contributed by atoms with van der Waals surface area (Å²) < 4.78 is 5.82. The van der Waals surface area contributed by atoms with Gasteiger partial charge in [0.2, 0.25) is 0 Å². The van der Waals surface area contributed by atoms with Crippen molar-refractivity contribution in [1.82, 2.24) is 0 Å². The minimum Gasteiger partial charge on any atom is -0.496 e. The van der Waals surface area contributed by atoms with Crippen LogP contribution in [0.5, 0.6) is 5.75 Å². The van der Waals surface area contributed by atoms with Gasteiger partial charge in [-0.25, -0.2) is 0 Å². The molecular formula is C8H10BrClN2O. The summed E-state index contributed by atoms with van der Waals surface area (Å²) >= 11 is 3.30. The molecule has 0 saturated heterocycles. The van der Waals surface area contributed by atoms with Gasteiger partial charge < -0.3 is 10.5 Å². The van der Waals surface area contributed by atoms with Crippen molar-refractivity contribution in [3.05, 3.63) is 28.2 Å². The van der Waals surface area contributed by atoms with Gasteiger partial charge in [-0.1, -0.05) is 0 Å². The molecule has 0 radical (unpaired) electrons. The van der Waals surface area contributed by atoms with Gasteiger partial charge in [0.25, 0.3) is 0 Å². The van der Waals surface area contributed by atoms with Crippen LogP contribution in [0.15, 0.2) is 22.7 Å². The molecule has 0 amide bonds. The monoisotopic (exact) mass is 264 g/mol. The molecule has 0 aliphatic carbocycles. The number of hydrogen-bond donors (Lipinski definition) is 2. The number of halogens is 2. The van der Waals surface area contributed by atoms with Crippen LogP contribution in [0.1, 0.15) is 5.56 Å². The Kier molecular flexibility index (Phi) is 4.80. The third kappa shape index (κ3) is 2.90. The first-order valence-corrected chi connectivity index (χ1v) is 4.12. The normalized spacial score (nSPS) is 8.77. The summed E-state index contributed by atoms with van der Waals surface area (Å²) in [6, 6.07) is 5.26. The van der Waals surface area contributed by atoms with Crippen LogP contribution in [-0.2, 0) is 0 Å². The summed E-state index contributed by atoms with van der Waals surface area (Å²) in [5.41, 5.74) is 5.98. The Hall–Kier alpha value is -0.740. The molecular weight excluding hydrogens is 255 g/mol. The molecule has 5 heteroatoms. The molecule has 0 aliphatic rings. The first-order chi connectivity index (χ1) is 5.65. The second-order valence-corrected chi connectivity index (χ2v) is 3.12. The van der Waals surface area contributed by atoms with E-state index in [2.05, 4.69) is 15.9 Å². The Morgan fingerprint density at radius 2 is 2.15 bits per heavy atom. The van der Waals surface area contributed by atoms with E-state index in [1.54, 1.807) is 25.3 Å². The smallest absolute Gasteiger partial charge is 0.133 e. The molecule has 0 aliphatic heterocycles. The molecule has 1 aromatic carbocycles. The predicted octanol–water partition coefficient (Wildman–Crippen LogP) is 2.16. The first kappa shape index (κ1) is 12.3. The van der Waals surface area contributed by atoms with Crippen LogP contribution in [0, 0.1) is 5.41 Å². The summed E-state index contributed by atoms with van der Waals surface area (Å²) in [6.45, 7) is 0. The maximum Gasteiger partial charge on any atom is 0.133 e. The van der Waals surface area contributed by atoms with Crippen molar-refractivity contribution in [3.63, 3.8) is 0 Å². The van der Waals surface area contributed by atoms with Gasteiger partial charge in [-0.2, -0.15) is 0 Å². The van der Waals surface area contributed by atoms with Crippen molar-refractivity contribution in [3.8, 4) is 5.75 Å². The average molecular weight is 266 g/mol. The summed E-state index contributed by atoms with van der Waals surface area (Å²) in [5, 5.41) is 7.18. The summed E-state index contributed by atoms with van der Waals surface area (Å²) in [6.07, 6.45) is 0. The quantitative estimate of drug-likeness (QED) is 0.636. The second-order valence-electron chi connectivity index (χ2n) is 2.26. The standard InChI is InChI=1S/C8H9BrN2O.ClH/c1-12-7-3-2-5(8(10)11)4-6(7)9;/h2-4H,1H3,(H3,10,11);1H. The van der Waals surface area contributed by atoms with Crippen LogP contribution in [0.25, 0.3) is 0 Å². The maximum atomic E-state index is 7.18. The lowest BCUT2D eigenvalue weighted by atomic mass is 10.2. The summed E-state index contributed by atoms with van der Waals surface area (Å²) in [5.74, 6) is 0.790. The van der Waals surface area contributed by atoms with Crippen molar-refractivity contribution < 1.29 is 4.74 Å². The maximum absolute atomic E-state index is 7.18. The van der Waals surface area contributed by atoms with Crippen LogP contribution in [0.3, 0.4) is 0 Å². The number of nitrogens with one attached hydrogen (secondary N) is 1. The Bertz CT molecular complexity index is 317. The SMILES string of the molecule is COc1ccc(C(=N)N)cc1Br.Cl. The van der Waals surface area contributed by atoms with E-state index in [0.717, 1.165) is 10.2 Å². The van der Waals surface area contributed by atoms with E-state index in [9.17, 15) is 0 Å². The predicted molar refractivity (Wildman–Crippen MR) is 59.0 cm³/mol. The third-order valence-electron chi connectivity index (χ3n) is 1.46. The molecule has 0 atom stereocenters. The average Bonchev–Trinajstić information content (AvgIpc) is 2.04. The zero-order valence-corrected chi connectivity index (χ0v) is 9.41. The van der Waals surface area contributed by atoms with Gasteiger partial charge in [-0.3, -0.25) is 5.41 Å². The molecule has 0 heterocycles. The van der Waals surface area contributed by atoms with Crippen LogP contribution >= 0.6 is 28.3 Å². The highest BCUT2D eigenvalue weighted by Crippen LogP contribution is 2.25. The van der Waals surface area contributed by atoms with Crippen molar-refractivity contribution in [2.45, 2.75) is 0 Å². The largest absolute Gasteiger partial charge is 0.496 e. The fourth-order valence-electron chi connectivity index (χ4n) is 0.834. The van der Waals surface area contributed by atoms with Gasteiger partial charge in [0.05, 0.1) is 11.6 Å². The lowest BCUT2D eigenvalue weighted by Gasteiger charge is -2.04. The van der Waals surface area contributed by atoms with Gasteiger partial charge in [0.1, 0.15) is 11.6 Å². The van der Waals surface area contributed by atoms with E-state index in [1.807, 2.05) is 0 Å². The van der Waals surface area contributed by atoms with Crippen molar-refractivity contribution in [2.24, 2.45) is 5.73 Å². The van der Waals surface area contributed by atoms with Gasteiger partial charge in [0.15, 0.2) is 0 Å². The fraction of sp³-hybridized carbons (Fsp3) is 0.125. The highest BCUT2D eigenvalue weighted by molar-refractivity contribution is 9.10. The first-order valence-electron chi connectivity index (χ1n) is 3.33. The van der Waals surface area contributed by atoms with E-state index in [1.165, 1.54) is 0 Å². The van der Waals surface area contributed by atoms with E-state index >= 15 is 0 Å². The highest BCUT2D eigenvalue weighted by Gasteiger charge is 2.02. The molecule has 0 bridgehead atoms. The second kappa shape index (κ2) is 5.09. The van der Waals surface area contributed by atoms with Crippen LogP contribution in [-0.4, -0.2) is 12.9 Å². The zero-order chi connectivity index (χ0) is 9.14. The number of nitrogen functional groups attached to an aromatic ring is 1. The van der Waals surface area contributed by atoms with Crippen molar-refractivity contribution in [2.75, 3.05) is 7.11 Å². The Balaban J connectivity index is 0.00000144. The van der Waals surface area contributed by atoms with E-state index < -0.39 is 0 Å². The third-order valence-corrected chi connectivity index (χ3v) is 2.08. The number of nitrogens with two attached hydrogens (primary N) is 1. The zero-order valence-electron chi connectivity index (χ0n) is 7.00. The minimum absolute atomic E-state index is 0. The van der Waals surface area contributed by atoms with Crippen molar-refractivity contribution >= 4 is 34.2 Å². The molecule has 0 fully saturated rings. The topological polar surface area (TPSA) is 59.1 Å². The van der Waals surface area contributed by atoms with Gasteiger partial charge in [0, 0.05) is 5.56 Å². The molecule has 0 unspecified atom stereocenters. The molecule has 3 nitrogen and oxygen atoms in total. The Morgan fingerprint density at radius 3 is 2.54 bits per heavy atom. The minimum atomic E-state index is 0. The molecule has 1 aromatic rings. The Morgan fingerprint density at radius 1 is 1.54 bits per heavy atom. The molecule has 0 aromatic heterocycles. The van der Waals surface area contributed by atoms with Gasteiger partial charge >= 0.3 is 0 Å². The summed E-state index contributed by atoms with van der Waals surface area (Å²) in [4.78, 5) is 0. The van der Waals surface area contributed by atoms with E-state index in [-0.39, 0.29) is 18.2 Å². The lowest BCUT2D eigenvalue weighted by molar-refractivity contribution is 0.412. The van der Waals surface area contributed by atoms with E-state index in [0.29, 0.717) is 5.56 Å². The van der Waals surface area contributed by atoms with Crippen molar-refractivity contribution in [1.29, 1.82) is 5.41 Å². The van der Waals surface area contributed by atoms with E-state index in [4.69, 9.17) is 15.9 Å². The van der Waals surface area contributed by atoms with Crippen LogP contribution < -0.4 is 10.5 Å². The fourth-order valence-corrected chi connectivity index (χ4v) is 1.37. The number of amidine groups is 1. The lowest BCUT2D eigenvalue weighted by Crippen LogP contribution is -2.10. The van der Waals surface area contributed by atoms with Crippen LogP contribution in [0.4, 0.5) is 0 Å². The number of rotatable bonds is 2. The molecule has 3 N–H and O–H groups in total. The molecule has 13 heavy (non-hydrogen) atoms. The summed E-state index contributed by atoms with van der Waals surface area (Å²) in [7, 11) is 1.59. The highest BCUT2D eigenvalue weighted by atomic mass is 79.9. The molecule has 0 saturated carbocycles. The number of benzene rings is 1. The molecule has 1 rings (SSSR count). The number of methoxy groups -OCH3 is 1. The number of hydrogen-bond acceptors (Lipinski definition) is 2. The van der Waals surface area contributed by atoms with Gasteiger partial charge in [-0.05, 0) is 34.1 Å². The Labute approximate surface area is 91.3 Å². The molecule has 72 valence electrons. The van der Waals surface area contributed by atoms with Gasteiger partial charge in [-0.15, -0.1) is 12.4 Å². The number of ether oxygens (including phenoxy) is 1. The van der Waals surface area contributed by atoms with Crippen LogP contribution in [0.2, 0.25) is 0 Å². The molecule has 0 spiro atoms.